The van der Waals surface area contributed by atoms with Crippen LogP contribution in [0.2, 0.25) is 0 Å². The molecule has 2 aromatic rings. The average Bonchev–Trinajstić information content (AvgIpc) is 3.04. The SMILES string of the molecule is O=C1N(SF)c2ncccc2C12Cc1ccc([N+](=O)[O-])cc1C2. The molecule has 1 aliphatic carbocycles. The molecule has 0 bridgehead atoms. The van der Waals surface area contributed by atoms with Crippen LogP contribution in [-0.2, 0) is 23.1 Å². The number of pyridine rings is 1. The first-order valence-corrected chi connectivity index (χ1v) is 7.59. The lowest BCUT2D eigenvalue weighted by atomic mass is 9.79. The van der Waals surface area contributed by atoms with Crippen LogP contribution >= 0.6 is 12.3 Å². The van der Waals surface area contributed by atoms with E-state index in [0.29, 0.717) is 24.2 Å². The fraction of sp³-hybridized carbons (Fsp3) is 0.200. The van der Waals surface area contributed by atoms with Gasteiger partial charge in [-0.1, -0.05) is 12.1 Å². The number of carbonyl (C=O) groups excluding carboxylic acids is 1. The number of anilines is 1. The Balaban J connectivity index is 1.84. The average molecular weight is 331 g/mol. The van der Waals surface area contributed by atoms with Crippen molar-refractivity contribution in [3.63, 3.8) is 0 Å². The van der Waals surface area contributed by atoms with Gasteiger partial charge in [-0.2, -0.15) is 0 Å². The number of hydrogen-bond acceptors (Lipinski definition) is 5. The van der Waals surface area contributed by atoms with Crippen molar-refractivity contribution in [1.82, 2.24) is 4.98 Å². The van der Waals surface area contributed by atoms with Crippen molar-refractivity contribution in [3.05, 3.63) is 63.3 Å². The Bertz CT molecular complexity index is 860. The number of benzene rings is 1. The highest BCUT2D eigenvalue weighted by Gasteiger charge is 2.55. The van der Waals surface area contributed by atoms with Crippen LogP contribution in [0.25, 0.3) is 0 Å². The number of nitro benzene ring substituents is 1. The maximum Gasteiger partial charge on any atom is 0.269 e. The lowest BCUT2D eigenvalue weighted by Gasteiger charge is -2.21. The Hall–Kier alpha value is -2.48. The van der Waals surface area contributed by atoms with E-state index in [0.717, 1.165) is 15.4 Å². The number of fused-ring (bicyclic) bond motifs is 3. The molecule has 6 nitrogen and oxygen atoms in total. The molecule has 23 heavy (non-hydrogen) atoms. The fourth-order valence-electron chi connectivity index (χ4n) is 3.52. The fourth-order valence-corrected chi connectivity index (χ4v) is 3.97. The van der Waals surface area contributed by atoms with Crippen molar-refractivity contribution in [2.45, 2.75) is 18.3 Å². The molecule has 0 saturated heterocycles. The van der Waals surface area contributed by atoms with Gasteiger partial charge in [0.05, 0.1) is 10.3 Å². The number of carbonyl (C=O) groups is 1. The quantitative estimate of drug-likeness (QED) is 0.480. The van der Waals surface area contributed by atoms with E-state index in [9.17, 15) is 18.8 Å². The lowest BCUT2D eigenvalue weighted by Crippen LogP contribution is -2.38. The molecule has 1 unspecified atom stereocenters. The second kappa shape index (κ2) is 4.76. The smallest absolute Gasteiger partial charge is 0.269 e. The second-order valence-corrected chi connectivity index (χ2v) is 6.19. The zero-order valence-electron chi connectivity index (χ0n) is 11.7. The Morgan fingerprint density at radius 3 is 2.83 bits per heavy atom. The molecule has 0 saturated carbocycles. The Labute approximate surface area is 134 Å². The van der Waals surface area contributed by atoms with Crippen molar-refractivity contribution >= 4 is 29.7 Å². The van der Waals surface area contributed by atoms with E-state index in [2.05, 4.69) is 4.98 Å². The number of rotatable bonds is 2. The highest BCUT2D eigenvalue weighted by Crippen LogP contribution is 2.51. The van der Waals surface area contributed by atoms with E-state index in [4.69, 9.17) is 0 Å². The molecule has 2 aliphatic rings. The molecule has 0 fully saturated rings. The van der Waals surface area contributed by atoms with Gasteiger partial charge in [-0.25, -0.2) is 9.29 Å². The molecule has 4 rings (SSSR count). The molecule has 1 aliphatic heterocycles. The predicted octanol–water partition coefficient (Wildman–Crippen LogP) is 2.91. The van der Waals surface area contributed by atoms with Crippen LogP contribution in [0, 0.1) is 10.1 Å². The maximum atomic E-state index is 13.3. The molecule has 1 aromatic carbocycles. The topological polar surface area (TPSA) is 76.3 Å². The zero-order valence-corrected chi connectivity index (χ0v) is 12.5. The van der Waals surface area contributed by atoms with E-state index in [1.165, 1.54) is 18.3 Å². The summed E-state index contributed by atoms with van der Waals surface area (Å²) in [6, 6.07) is 8.10. The van der Waals surface area contributed by atoms with Gasteiger partial charge in [0.1, 0.15) is 0 Å². The van der Waals surface area contributed by atoms with Crippen molar-refractivity contribution in [2.75, 3.05) is 4.31 Å². The summed E-state index contributed by atoms with van der Waals surface area (Å²) in [6.45, 7) is 0. The van der Waals surface area contributed by atoms with Crippen molar-refractivity contribution < 1.29 is 13.6 Å². The van der Waals surface area contributed by atoms with Gasteiger partial charge >= 0.3 is 0 Å². The second-order valence-electron chi connectivity index (χ2n) is 5.69. The molecule has 0 N–H and O–H groups in total. The normalized spacial score (nSPS) is 21.6. The third-order valence-electron chi connectivity index (χ3n) is 4.54. The van der Waals surface area contributed by atoms with Crippen LogP contribution in [0.3, 0.4) is 0 Å². The number of aromatic nitrogens is 1. The lowest BCUT2D eigenvalue weighted by molar-refractivity contribution is -0.384. The van der Waals surface area contributed by atoms with Gasteiger partial charge in [0.25, 0.3) is 11.6 Å². The van der Waals surface area contributed by atoms with Crippen LogP contribution < -0.4 is 4.31 Å². The van der Waals surface area contributed by atoms with Crippen LogP contribution in [0.5, 0.6) is 0 Å². The molecule has 1 atom stereocenters. The van der Waals surface area contributed by atoms with Gasteiger partial charge in [0.15, 0.2) is 18.2 Å². The van der Waals surface area contributed by atoms with Gasteiger partial charge in [-0.15, -0.1) is 3.89 Å². The molecular formula is C15H10FN3O3S. The molecule has 116 valence electrons. The van der Waals surface area contributed by atoms with Crippen molar-refractivity contribution in [3.8, 4) is 0 Å². The summed E-state index contributed by atoms with van der Waals surface area (Å²) in [7, 11) is 0. The molecule has 1 spiro atoms. The first-order chi connectivity index (χ1) is 11.1. The van der Waals surface area contributed by atoms with Gasteiger partial charge in [-0.3, -0.25) is 14.9 Å². The maximum absolute atomic E-state index is 13.3. The van der Waals surface area contributed by atoms with E-state index in [1.54, 1.807) is 18.2 Å². The van der Waals surface area contributed by atoms with Crippen molar-refractivity contribution in [1.29, 1.82) is 0 Å². The summed E-state index contributed by atoms with van der Waals surface area (Å²) < 4.78 is 14.2. The minimum Gasteiger partial charge on any atom is -0.272 e. The summed E-state index contributed by atoms with van der Waals surface area (Å²) in [6.07, 6.45) is 2.23. The van der Waals surface area contributed by atoms with Gasteiger partial charge < -0.3 is 0 Å². The minimum absolute atomic E-state index is 0.00520. The summed E-state index contributed by atoms with van der Waals surface area (Å²) in [5.41, 5.74) is 1.39. The van der Waals surface area contributed by atoms with Crippen LogP contribution in [0.15, 0.2) is 36.5 Å². The third-order valence-corrected chi connectivity index (χ3v) is 5.02. The molecule has 1 aromatic heterocycles. The Morgan fingerprint density at radius 1 is 1.30 bits per heavy atom. The molecule has 2 heterocycles. The van der Waals surface area contributed by atoms with E-state index in [-0.39, 0.29) is 23.9 Å². The Kier molecular flexibility index (Phi) is 2.92. The summed E-state index contributed by atoms with van der Waals surface area (Å²) in [5, 5.41) is 10.9. The van der Waals surface area contributed by atoms with Gasteiger partial charge in [0, 0.05) is 23.9 Å². The number of nitro groups is 1. The first kappa shape index (κ1) is 14.1. The van der Waals surface area contributed by atoms with E-state index >= 15 is 0 Å². The zero-order chi connectivity index (χ0) is 16.2. The van der Waals surface area contributed by atoms with Gasteiger partial charge in [-0.05, 0) is 30.0 Å². The highest BCUT2D eigenvalue weighted by atomic mass is 32.2. The van der Waals surface area contributed by atoms with E-state index < -0.39 is 10.3 Å². The standard InChI is InChI=1S/C15H10FN3O3S/c16-23-18-13-12(2-1-5-17-13)15(14(18)20)7-9-3-4-11(19(21)22)6-10(9)8-15/h1-6H,7-8H2. The highest BCUT2D eigenvalue weighted by molar-refractivity contribution is 7.96. The molecule has 8 heteroatoms. The first-order valence-electron chi connectivity index (χ1n) is 6.92. The molecule has 1 amide bonds. The van der Waals surface area contributed by atoms with Gasteiger partial charge in [0.2, 0.25) is 0 Å². The van der Waals surface area contributed by atoms with E-state index in [1.807, 2.05) is 0 Å². The number of hydrogen-bond donors (Lipinski definition) is 0. The number of nitrogens with zero attached hydrogens (tertiary/aromatic N) is 3. The predicted molar refractivity (Wildman–Crippen MR) is 82.6 cm³/mol. The number of halogens is 1. The monoisotopic (exact) mass is 331 g/mol. The number of amides is 1. The largest absolute Gasteiger partial charge is 0.272 e. The van der Waals surface area contributed by atoms with Crippen molar-refractivity contribution in [2.24, 2.45) is 0 Å². The summed E-state index contributed by atoms with van der Waals surface area (Å²) in [5.74, 6) is -0.0511. The minimum atomic E-state index is -0.916. The number of non-ortho nitro benzene ring substituents is 1. The summed E-state index contributed by atoms with van der Waals surface area (Å²) >= 11 is -0.156. The third kappa shape index (κ3) is 1.81. The molecule has 0 radical (unpaired) electrons. The van der Waals surface area contributed by atoms with Crippen LogP contribution in [0.1, 0.15) is 16.7 Å². The Morgan fingerprint density at radius 2 is 2.09 bits per heavy atom. The molecular weight excluding hydrogens is 321 g/mol. The van der Waals surface area contributed by atoms with Crippen LogP contribution in [0.4, 0.5) is 15.4 Å². The summed E-state index contributed by atoms with van der Waals surface area (Å²) in [4.78, 5) is 27.4. The van der Waals surface area contributed by atoms with Crippen LogP contribution in [-0.4, -0.2) is 15.8 Å².